The number of anilines is 1. The fourth-order valence-electron chi connectivity index (χ4n) is 3.24. The van der Waals surface area contributed by atoms with Crippen LogP contribution in [0.3, 0.4) is 0 Å². The minimum absolute atomic E-state index is 0.191. The van der Waals surface area contributed by atoms with E-state index in [9.17, 15) is 14.4 Å². The first-order chi connectivity index (χ1) is 15.2. The van der Waals surface area contributed by atoms with Crippen LogP contribution in [0.15, 0.2) is 42.6 Å². The van der Waals surface area contributed by atoms with E-state index in [4.69, 9.17) is 4.74 Å². The van der Waals surface area contributed by atoms with Gasteiger partial charge in [0.15, 0.2) is 0 Å². The minimum Gasteiger partial charge on any atom is -0.445 e. The van der Waals surface area contributed by atoms with Crippen LogP contribution in [0.4, 0.5) is 10.5 Å². The predicted molar refractivity (Wildman–Crippen MR) is 123 cm³/mol. The third-order valence-corrected chi connectivity index (χ3v) is 4.77. The molecule has 0 saturated heterocycles. The van der Waals surface area contributed by atoms with Crippen molar-refractivity contribution in [3.05, 3.63) is 53.9 Å². The van der Waals surface area contributed by atoms with Crippen LogP contribution in [0.1, 0.15) is 42.2 Å². The second-order valence-electron chi connectivity index (χ2n) is 8.21. The first-order valence-electron chi connectivity index (χ1n) is 10.8. The second-order valence-corrected chi connectivity index (χ2v) is 8.21. The molecule has 0 spiro atoms. The van der Waals surface area contributed by atoms with Crippen LogP contribution < -0.4 is 16.1 Å². The van der Waals surface area contributed by atoms with Crippen LogP contribution in [-0.4, -0.2) is 54.3 Å². The van der Waals surface area contributed by atoms with Crippen LogP contribution in [0.5, 0.6) is 0 Å². The standard InChI is InChI=1S/C23H33N5O4/c1-5-14-28(3,4)26-22(30)20-15-19(16-27(20)2)25-21(29)12-9-13-24-23(31)32-17-18-10-7-6-8-11-18/h6-8,10-11,15-16H,5,9,12-14,17H2,1-4H3,(H2-,24,25,26,29,30,31)/p+1. The molecule has 1 aromatic heterocycles. The highest BCUT2D eigenvalue weighted by Crippen LogP contribution is 2.14. The Balaban J connectivity index is 1.71. The van der Waals surface area contributed by atoms with Gasteiger partial charge in [-0.1, -0.05) is 37.3 Å². The summed E-state index contributed by atoms with van der Waals surface area (Å²) in [4.78, 5) is 36.5. The number of aromatic nitrogens is 1. The normalized spacial score (nSPS) is 11.0. The molecule has 1 aromatic carbocycles. The molecule has 0 fully saturated rings. The lowest BCUT2D eigenvalue weighted by Gasteiger charge is -2.28. The number of ether oxygens (including phenoxy) is 1. The SMILES string of the molecule is CCC[N+](C)(C)NC(=O)c1cc(NC(=O)CCCNC(=O)OCc2ccccc2)cn1C. The van der Waals surface area contributed by atoms with Crippen molar-refractivity contribution in [2.75, 3.05) is 32.5 Å². The Morgan fingerprint density at radius 2 is 1.84 bits per heavy atom. The van der Waals surface area contributed by atoms with Gasteiger partial charge in [-0.25, -0.2) is 9.39 Å². The van der Waals surface area contributed by atoms with Crippen molar-refractivity contribution in [2.45, 2.75) is 32.8 Å². The number of amides is 3. The topological polar surface area (TPSA) is 101 Å². The zero-order valence-corrected chi connectivity index (χ0v) is 19.3. The van der Waals surface area contributed by atoms with Gasteiger partial charge < -0.3 is 19.9 Å². The molecule has 0 radical (unpaired) electrons. The summed E-state index contributed by atoms with van der Waals surface area (Å²) in [6, 6.07) is 11.1. The third kappa shape index (κ3) is 8.43. The molecule has 0 atom stereocenters. The van der Waals surface area contributed by atoms with Gasteiger partial charge in [0, 0.05) is 26.2 Å². The molecule has 3 amide bonds. The number of nitrogens with one attached hydrogen (secondary N) is 3. The zero-order chi connectivity index (χ0) is 23.6. The maximum atomic E-state index is 12.6. The maximum absolute atomic E-state index is 12.6. The highest BCUT2D eigenvalue weighted by Gasteiger charge is 2.21. The van der Waals surface area contributed by atoms with E-state index in [1.165, 1.54) is 0 Å². The van der Waals surface area contributed by atoms with Gasteiger partial charge in [-0.2, -0.15) is 5.43 Å². The van der Waals surface area contributed by atoms with Crippen LogP contribution in [0, 0.1) is 0 Å². The van der Waals surface area contributed by atoms with Gasteiger partial charge in [0.2, 0.25) is 5.91 Å². The monoisotopic (exact) mass is 444 g/mol. The van der Waals surface area contributed by atoms with Crippen molar-refractivity contribution in [3.8, 4) is 0 Å². The number of alkyl carbamates (subject to hydrolysis) is 1. The lowest BCUT2D eigenvalue weighted by molar-refractivity contribution is -0.924. The highest BCUT2D eigenvalue weighted by molar-refractivity contribution is 5.96. The lowest BCUT2D eigenvalue weighted by atomic mass is 10.2. The van der Waals surface area contributed by atoms with Crippen molar-refractivity contribution >= 4 is 23.6 Å². The van der Waals surface area contributed by atoms with E-state index in [1.54, 1.807) is 23.9 Å². The second kappa shape index (κ2) is 11.9. The molecule has 0 aliphatic carbocycles. The van der Waals surface area contributed by atoms with Crippen molar-refractivity contribution < 1.29 is 23.7 Å². The van der Waals surface area contributed by atoms with Crippen LogP contribution in [0.25, 0.3) is 0 Å². The summed E-state index contributed by atoms with van der Waals surface area (Å²) in [5.41, 5.74) is 4.89. The Labute approximate surface area is 189 Å². The number of nitrogens with zero attached hydrogens (tertiary/aromatic N) is 2. The van der Waals surface area contributed by atoms with Gasteiger partial charge in [0.1, 0.15) is 18.8 Å². The third-order valence-electron chi connectivity index (χ3n) is 4.77. The van der Waals surface area contributed by atoms with Crippen LogP contribution >= 0.6 is 0 Å². The lowest BCUT2D eigenvalue weighted by Crippen LogP contribution is -2.55. The average molecular weight is 445 g/mol. The molecule has 0 bridgehead atoms. The van der Waals surface area contributed by atoms with Gasteiger partial charge in [0.25, 0.3) is 0 Å². The minimum atomic E-state index is -0.516. The number of carbonyl (C=O) groups is 3. The van der Waals surface area contributed by atoms with Gasteiger partial charge in [-0.3, -0.25) is 9.59 Å². The summed E-state index contributed by atoms with van der Waals surface area (Å²) in [6.07, 6.45) is 2.83. The molecule has 0 unspecified atom stereocenters. The summed E-state index contributed by atoms with van der Waals surface area (Å²) in [5, 5.41) is 5.42. The number of carbonyl (C=O) groups excluding carboxylic acids is 3. The van der Waals surface area contributed by atoms with Gasteiger partial charge in [0.05, 0.1) is 19.8 Å². The molecule has 2 aromatic rings. The summed E-state index contributed by atoms with van der Waals surface area (Å²) in [5.74, 6) is -0.395. The Morgan fingerprint density at radius 3 is 2.53 bits per heavy atom. The molecule has 9 nitrogen and oxygen atoms in total. The van der Waals surface area contributed by atoms with E-state index in [0.29, 0.717) is 28.9 Å². The van der Waals surface area contributed by atoms with Gasteiger partial charge >= 0.3 is 12.0 Å². The molecule has 0 aliphatic heterocycles. The van der Waals surface area contributed by atoms with Crippen LogP contribution in [0.2, 0.25) is 0 Å². The molecular weight excluding hydrogens is 410 g/mol. The number of hydrogen-bond acceptors (Lipinski definition) is 4. The number of aryl methyl sites for hydroxylation is 1. The molecule has 0 aliphatic rings. The maximum Gasteiger partial charge on any atom is 0.407 e. The average Bonchev–Trinajstić information content (AvgIpc) is 3.10. The smallest absolute Gasteiger partial charge is 0.407 e. The van der Waals surface area contributed by atoms with E-state index in [0.717, 1.165) is 18.5 Å². The Morgan fingerprint density at radius 1 is 1.12 bits per heavy atom. The Bertz CT molecular complexity index is 908. The van der Waals surface area contributed by atoms with E-state index in [2.05, 4.69) is 23.0 Å². The summed E-state index contributed by atoms with van der Waals surface area (Å²) in [7, 11) is 5.62. The van der Waals surface area contributed by atoms with Gasteiger partial charge in [-0.15, -0.1) is 0 Å². The van der Waals surface area contributed by atoms with Crippen LogP contribution in [-0.2, 0) is 23.2 Å². The molecule has 0 saturated carbocycles. The van der Waals surface area contributed by atoms with Crippen molar-refractivity contribution in [3.63, 3.8) is 0 Å². The molecule has 1 heterocycles. The molecule has 32 heavy (non-hydrogen) atoms. The van der Waals surface area contributed by atoms with Crippen molar-refractivity contribution in [1.82, 2.24) is 15.3 Å². The largest absolute Gasteiger partial charge is 0.445 e. The van der Waals surface area contributed by atoms with Gasteiger partial charge in [-0.05, 0) is 24.5 Å². The molecular formula is C23H34N5O4+. The summed E-state index contributed by atoms with van der Waals surface area (Å²) in [6.45, 7) is 3.40. The Kier molecular flexibility index (Phi) is 9.27. The summed E-state index contributed by atoms with van der Waals surface area (Å²) >= 11 is 0. The molecule has 3 N–H and O–H groups in total. The van der Waals surface area contributed by atoms with E-state index < -0.39 is 6.09 Å². The van der Waals surface area contributed by atoms with Crippen molar-refractivity contribution in [1.29, 1.82) is 0 Å². The zero-order valence-electron chi connectivity index (χ0n) is 19.3. The fraction of sp³-hybridized carbons (Fsp3) is 0.435. The number of hydrogen-bond donors (Lipinski definition) is 3. The van der Waals surface area contributed by atoms with E-state index in [-0.39, 0.29) is 24.8 Å². The first-order valence-corrected chi connectivity index (χ1v) is 10.8. The van der Waals surface area contributed by atoms with Crippen molar-refractivity contribution in [2.24, 2.45) is 7.05 Å². The molecule has 2 rings (SSSR count). The number of rotatable bonds is 11. The molecule has 9 heteroatoms. The van der Waals surface area contributed by atoms with E-state index in [1.807, 2.05) is 44.4 Å². The summed E-state index contributed by atoms with van der Waals surface area (Å²) < 4.78 is 7.19. The number of benzene rings is 1. The first kappa shape index (κ1) is 24.9. The van der Waals surface area contributed by atoms with E-state index >= 15 is 0 Å². The fourth-order valence-corrected chi connectivity index (χ4v) is 3.24. The number of quaternary nitrogens is 1. The predicted octanol–water partition coefficient (Wildman–Crippen LogP) is 2.80. The quantitative estimate of drug-likeness (QED) is 0.282. The highest BCUT2D eigenvalue weighted by atomic mass is 16.5. The molecule has 174 valence electrons. The Hall–Kier alpha value is -3.33.